The van der Waals surface area contributed by atoms with Crippen LogP contribution in [-0.2, 0) is 9.78 Å². The lowest BCUT2D eigenvalue weighted by Crippen LogP contribution is -2.18. The molecule has 0 aromatic carbocycles. The van der Waals surface area contributed by atoms with Gasteiger partial charge in [-0.15, -0.1) is 6.58 Å². The van der Waals surface area contributed by atoms with Crippen molar-refractivity contribution in [1.29, 1.82) is 0 Å². The SMILES string of the molecule is C=CC[C]OOC(C)(C)C. The Balaban J connectivity index is 3.12. The first-order chi connectivity index (χ1) is 4.56. The standard InChI is InChI=1S/C8H14O2/c1-5-6-7-9-10-8(2,3)4/h5H,1,6H2,2-4H3. The van der Waals surface area contributed by atoms with Crippen molar-refractivity contribution < 1.29 is 9.78 Å². The van der Waals surface area contributed by atoms with Crippen LogP contribution in [0.15, 0.2) is 12.7 Å². The van der Waals surface area contributed by atoms with Crippen molar-refractivity contribution in [3.63, 3.8) is 0 Å². The van der Waals surface area contributed by atoms with Crippen molar-refractivity contribution in [1.82, 2.24) is 0 Å². The molecular weight excluding hydrogens is 128 g/mol. The van der Waals surface area contributed by atoms with E-state index < -0.39 is 0 Å². The predicted octanol–water partition coefficient (Wildman–Crippen LogP) is 2.35. The third kappa shape index (κ3) is 7.66. The third-order valence-corrected chi connectivity index (χ3v) is 0.578. The van der Waals surface area contributed by atoms with E-state index in [1.807, 2.05) is 20.8 Å². The molecule has 0 aromatic heterocycles. The van der Waals surface area contributed by atoms with Crippen molar-refractivity contribution in [2.75, 3.05) is 0 Å². The molecule has 0 aliphatic rings. The second kappa shape index (κ2) is 4.47. The minimum Gasteiger partial charge on any atom is -0.230 e. The quantitative estimate of drug-likeness (QED) is 0.259. The zero-order chi connectivity index (χ0) is 8.04. The van der Waals surface area contributed by atoms with Gasteiger partial charge in [-0.25, -0.2) is 9.78 Å². The maximum absolute atomic E-state index is 4.87. The molecule has 0 heterocycles. The summed E-state index contributed by atoms with van der Waals surface area (Å²) >= 11 is 0. The molecule has 0 aliphatic heterocycles. The highest BCUT2D eigenvalue weighted by molar-refractivity contribution is 4.70. The molecule has 0 aliphatic carbocycles. The summed E-state index contributed by atoms with van der Waals surface area (Å²) in [6.07, 6.45) is 2.27. The first-order valence-electron chi connectivity index (χ1n) is 3.24. The zero-order valence-electron chi connectivity index (χ0n) is 6.81. The molecule has 0 rings (SSSR count). The Morgan fingerprint density at radius 3 is 2.50 bits per heavy atom. The average molecular weight is 142 g/mol. The lowest BCUT2D eigenvalue weighted by molar-refractivity contribution is -0.326. The van der Waals surface area contributed by atoms with Crippen LogP contribution in [0.3, 0.4) is 0 Å². The summed E-state index contributed by atoms with van der Waals surface area (Å²) in [7, 11) is 0. The van der Waals surface area contributed by atoms with Crippen molar-refractivity contribution >= 4 is 0 Å². The summed E-state index contributed by atoms with van der Waals surface area (Å²) in [5.41, 5.74) is -0.270. The van der Waals surface area contributed by atoms with E-state index in [0.29, 0.717) is 6.42 Å². The van der Waals surface area contributed by atoms with Gasteiger partial charge in [0.25, 0.3) is 0 Å². The molecule has 2 radical (unpaired) electrons. The summed E-state index contributed by atoms with van der Waals surface area (Å²) < 4.78 is 0. The van der Waals surface area contributed by atoms with Gasteiger partial charge in [0.15, 0.2) is 6.61 Å². The molecule has 10 heavy (non-hydrogen) atoms. The van der Waals surface area contributed by atoms with Crippen LogP contribution in [0.2, 0.25) is 0 Å². The van der Waals surface area contributed by atoms with Crippen LogP contribution in [0.5, 0.6) is 0 Å². The van der Waals surface area contributed by atoms with Gasteiger partial charge in [-0.1, -0.05) is 6.08 Å². The Hall–Kier alpha value is -0.340. The monoisotopic (exact) mass is 142 g/mol. The number of rotatable bonds is 4. The van der Waals surface area contributed by atoms with Gasteiger partial charge in [0, 0.05) is 6.42 Å². The van der Waals surface area contributed by atoms with Crippen molar-refractivity contribution in [3.05, 3.63) is 19.3 Å². The highest BCUT2D eigenvalue weighted by Gasteiger charge is 2.10. The minimum atomic E-state index is -0.270. The Labute approximate surface area is 62.8 Å². The van der Waals surface area contributed by atoms with E-state index >= 15 is 0 Å². The molecule has 0 aromatic rings. The molecule has 0 N–H and O–H groups in total. The van der Waals surface area contributed by atoms with Gasteiger partial charge in [0.05, 0.1) is 5.60 Å². The van der Waals surface area contributed by atoms with Crippen LogP contribution in [-0.4, -0.2) is 5.60 Å². The van der Waals surface area contributed by atoms with E-state index in [0.717, 1.165) is 0 Å². The number of hydrogen-bond acceptors (Lipinski definition) is 2. The molecule has 0 saturated carbocycles. The molecule has 0 amide bonds. The fraction of sp³-hybridized carbons (Fsp3) is 0.625. The van der Waals surface area contributed by atoms with E-state index in [9.17, 15) is 0 Å². The molecule has 2 heteroatoms. The summed E-state index contributed by atoms with van der Waals surface area (Å²) in [4.78, 5) is 9.49. The molecule has 0 saturated heterocycles. The van der Waals surface area contributed by atoms with Gasteiger partial charge in [-0.05, 0) is 20.8 Å². The third-order valence-electron chi connectivity index (χ3n) is 0.578. The van der Waals surface area contributed by atoms with Crippen LogP contribution >= 0.6 is 0 Å². The molecule has 0 bridgehead atoms. The summed E-state index contributed by atoms with van der Waals surface area (Å²) in [6.45, 7) is 11.8. The Kier molecular flexibility index (Phi) is 4.32. The largest absolute Gasteiger partial charge is 0.230 e. The van der Waals surface area contributed by atoms with E-state index in [-0.39, 0.29) is 5.60 Å². The van der Waals surface area contributed by atoms with Crippen LogP contribution < -0.4 is 0 Å². The van der Waals surface area contributed by atoms with Gasteiger partial charge in [0.2, 0.25) is 0 Å². The number of hydrogen-bond donors (Lipinski definition) is 0. The van der Waals surface area contributed by atoms with Gasteiger partial charge >= 0.3 is 0 Å². The molecule has 0 fully saturated rings. The smallest absolute Gasteiger partial charge is 0.178 e. The highest BCUT2D eigenvalue weighted by Crippen LogP contribution is 2.08. The normalized spacial score (nSPS) is 11.5. The van der Waals surface area contributed by atoms with Crippen LogP contribution in [0, 0.1) is 6.61 Å². The Morgan fingerprint density at radius 1 is 1.50 bits per heavy atom. The van der Waals surface area contributed by atoms with E-state index in [1.165, 1.54) is 0 Å². The molecular formula is C8H14O2. The maximum Gasteiger partial charge on any atom is 0.178 e. The molecule has 0 atom stereocenters. The van der Waals surface area contributed by atoms with Gasteiger partial charge in [-0.2, -0.15) is 0 Å². The lowest BCUT2D eigenvalue weighted by atomic mass is 10.2. The summed E-state index contributed by atoms with van der Waals surface area (Å²) in [6, 6.07) is 0. The summed E-state index contributed by atoms with van der Waals surface area (Å²) in [5, 5.41) is 0. The second-order valence-corrected chi connectivity index (χ2v) is 2.92. The second-order valence-electron chi connectivity index (χ2n) is 2.92. The van der Waals surface area contributed by atoms with E-state index in [4.69, 9.17) is 4.89 Å². The average Bonchev–Trinajstić information content (AvgIpc) is 1.78. The van der Waals surface area contributed by atoms with Crippen molar-refractivity contribution in [3.8, 4) is 0 Å². The summed E-state index contributed by atoms with van der Waals surface area (Å²) in [5.74, 6) is 0. The van der Waals surface area contributed by atoms with Crippen molar-refractivity contribution in [2.45, 2.75) is 32.8 Å². The van der Waals surface area contributed by atoms with E-state index in [2.05, 4.69) is 18.1 Å². The Bertz CT molecular complexity index is 91.9. The fourth-order valence-corrected chi connectivity index (χ4v) is 0.247. The first kappa shape index (κ1) is 9.66. The predicted molar refractivity (Wildman–Crippen MR) is 40.0 cm³/mol. The van der Waals surface area contributed by atoms with Gasteiger partial charge < -0.3 is 0 Å². The fourth-order valence-electron chi connectivity index (χ4n) is 0.247. The molecule has 58 valence electrons. The first-order valence-corrected chi connectivity index (χ1v) is 3.24. The van der Waals surface area contributed by atoms with Crippen LogP contribution in [0.1, 0.15) is 27.2 Å². The topological polar surface area (TPSA) is 18.5 Å². The van der Waals surface area contributed by atoms with Crippen molar-refractivity contribution in [2.24, 2.45) is 0 Å². The zero-order valence-corrected chi connectivity index (χ0v) is 6.81. The maximum atomic E-state index is 4.87. The molecule has 0 spiro atoms. The van der Waals surface area contributed by atoms with E-state index in [1.54, 1.807) is 6.08 Å². The molecule has 2 nitrogen and oxygen atoms in total. The molecule has 0 unspecified atom stereocenters. The van der Waals surface area contributed by atoms with Crippen LogP contribution in [0.4, 0.5) is 0 Å². The minimum absolute atomic E-state index is 0.270. The van der Waals surface area contributed by atoms with Crippen LogP contribution in [0.25, 0.3) is 0 Å². The van der Waals surface area contributed by atoms with Gasteiger partial charge in [-0.3, -0.25) is 0 Å². The Morgan fingerprint density at radius 2 is 2.10 bits per heavy atom. The lowest BCUT2D eigenvalue weighted by Gasteiger charge is -2.16. The highest BCUT2D eigenvalue weighted by atomic mass is 17.2. The van der Waals surface area contributed by atoms with Gasteiger partial charge in [0.1, 0.15) is 0 Å².